The summed E-state index contributed by atoms with van der Waals surface area (Å²) < 4.78 is 7.55. The third-order valence-electron chi connectivity index (χ3n) is 3.45. The van der Waals surface area contributed by atoms with E-state index in [9.17, 15) is 0 Å². The van der Waals surface area contributed by atoms with E-state index in [2.05, 4.69) is 31.7 Å². The summed E-state index contributed by atoms with van der Waals surface area (Å²) in [5.74, 6) is 0.375. The normalized spacial score (nSPS) is 18.6. The monoisotopic (exact) mass is 273 g/mol. The van der Waals surface area contributed by atoms with Crippen LogP contribution in [-0.2, 0) is 0 Å². The van der Waals surface area contributed by atoms with E-state index in [1.165, 1.54) is 6.42 Å². The van der Waals surface area contributed by atoms with Gasteiger partial charge in [0.15, 0.2) is 17.0 Å². The van der Waals surface area contributed by atoms with Gasteiger partial charge in [0.1, 0.15) is 0 Å². The summed E-state index contributed by atoms with van der Waals surface area (Å²) in [5.41, 5.74) is 7.34. The highest BCUT2D eigenvalue weighted by Gasteiger charge is 2.17. The Morgan fingerprint density at radius 3 is 3.10 bits per heavy atom. The fourth-order valence-electron chi connectivity index (χ4n) is 2.44. The van der Waals surface area contributed by atoms with E-state index in [1.54, 1.807) is 6.33 Å². The van der Waals surface area contributed by atoms with E-state index < -0.39 is 0 Å². The molecule has 2 aromatic heterocycles. The lowest BCUT2D eigenvalue weighted by Gasteiger charge is -2.18. The molecule has 0 bridgehead atoms. The van der Waals surface area contributed by atoms with Crippen LogP contribution in [-0.4, -0.2) is 26.1 Å². The highest BCUT2D eigenvalue weighted by Crippen LogP contribution is 2.27. The second-order valence-electron chi connectivity index (χ2n) is 4.99. The molecule has 2 N–H and O–H groups in total. The van der Waals surface area contributed by atoms with Gasteiger partial charge in [-0.15, -0.1) is 0 Å². The maximum absolute atomic E-state index is 5.95. The van der Waals surface area contributed by atoms with Crippen LogP contribution in [0.5, 0.6) is 6.01 Å². The summed E-state index contributed by atoms with van der Waals surface area (Å²) in [5, 5.41) is 0. The van der Waals surface area contributed by atoms with E-state index >= 15 is 0 Å². The van der Waals surface area contributed by atoms with Crippen LogP contribution in [0.3, 0.4) is 0 Å². The number of hydrogen-bond donors (Lipinski definition) is 1. The molecule has 1 atom stereocenters. The van der Waals surface area contributed by atoms with Gasteiger partial charge in [0.05, 0.1) is 19.0 Å². The smallest absolute Gasteiger partial charge is 0.320 e. The minimum atomic E-state index is 0.294. The van der Waals surface area contributed by atoms with Gasteiger partial charge in [0.25, 0.3) is 0 Å². The molecule has 0 aromatic carbocycles. The molecular formula is C14H19N5O. The van der Waals surface area contributed by atoms with Crippen LogP contribution in [0.25, 0.3) is 11.2 Å². The fourth-order valence-corrected chi connectivity index (χ4v) is 2.44. The number of imidazole rings is 1. The summed E-state index contributed by atoms with van der Waals surface area (Å²) in [6.45, 7) is 2.63. The van der Waals surface area contributed by atoms with Crippen LogP contribution in [0.4, 0.5) is 5.82 Å². The molecule has 0 spiro atoms. The molecule has 0 amide bonds. The van der Waals surface area contributed by atoms with Gasteiger partial charge in [-0.3, -0.25) is 0 Å². The number of aromatic nitrogens is 4. The van der Waals surface area contributed by atoms with Crippen molar-refractivity contribution in [3.05, 3.63) is 18.5 Å². The number of nitrogens with two attached hydrogens (primary N) is 1. The van der Waals surface area contributed by atoms with E-state index in [4.69, 9.17) is 10.5 Å². The standard InChI is InChI=1S/C14H19N5O/c1-2-8-20-14-17-12(15)11-13(18-14)19(9-16-11)10-6-4-3-5-7-10/h4,6,9-10H,2-3,5,7-8H2,1H3,(H2,15,17,18). The Balaban J connectivity index is 2.02. The number of anilines is 1. The van der Waals surface area contributed by atoms with Gasteiger partial charge in [-0.25, -0.2) is 4.98 Å². The third-order valence-corrected chi connectivity index (χ3v) is 3.45. The molecule has 2 heterocycles. The molecule has 0 saturated carbocycles. The number of ether oxygens (including phenoxy) is 1. The van der Waals surface area contributed by atoms with Gasteiger partial charge in [-0.05, 0) is 25.7 Å². The van der Waals surface area contributed by atoms with Crippen LogP contribution in [0.1, 0.15) is 38.6 Å². The van der Waals surface area contributed by atoms with Crippen molar-refractivity contribution in [2.75, 3.05) is 12.3 Å². The summed E-state index contributed by atoms with van der Waals surface area (Å²) >= 11 is 0. The first-order valence-electron chi connectivity index (χ1n) is 7.09. The molecule has 6 nitrogen and oxygen atoms in total. The largest absolute Gasteiger partial charge is 0.463 e. The highest BCUT2D eigenvalue weighted by molar-refractivity contribution is 5.82. The topological polar surface area (TPSA) is 78.9 Å². The minimum Gasteiger partial charge on any atom is -0.463 e. The number of hydrogen-bond acceptors (Lipinski definition) is 5. The second kappa shape index (κ2) is 5.48. The molecule has 3 rings (SSSR count). The van der Waals surface area contributed by atoms with Crippen molar-refractivity contribution in [1.82, 2.24) is 19.5 Å². The number of allylic oxidation sites excluding steroid dienone is 2. The number of nitrogens with zero attached hydrogens (tertiary/aromatic N) is 4. The summed E-state index contributed by atoms with van der Waals surface area (Å²) in [4.78, 5) is 12.9. The molecule has 1 unspecified atom stereocenters. The van der Waals surface area contributed by atoms with Crippen LogP contribution in [0.15, 0.2) is 18.5 Å². The van der Waals surface area contributed by atoms with Crippen LogP contribution >= 0.6 is 0 Å². The lowest BCUT2D eigenvalue weighted by molar-refractivity contribution is 0.293. The van der Waals surface area contributed by atoms with Crippen molar-refractivity contribution in [2.24, 2.45) is 0 Å². The first kappa shape index (κ1) is 12.9. The van der Waals surface area contributed by atoms with Crippen LogP contribution in [0.2, 0.25) is 0 Å². The quantitative estimate of drug-likeness (QED) is 0.866. The van der Waals surface area contributed by atoms with Gasteiger partial charge < -0.3 is 15.0 Å². The third kappa shape index (κ3) is 2.33. The van der Waals surface area contributed by atoms with Crippen molar-refractivity contribution >= 4 is 17.0 Å². The fraction of sp³-hybridized carbons (Fsp3) is 0.500. The van der Waals surface area contributed by atoms with Crippen LogP contribution in [0, 0.1) is 0 Å². The molecule has 1 aliphatic carbocycles. The Labute approximate surface area is 117 Å². The van der Waals surface area contributed by atoms with E-state index in [0.29, 0.717) is 30.0 Å². The Morgan fingerprint density at radius 2 is 2.35 bits per heavy atom. The van der Waals surface area contributed by atoms with Crippen molar-refractivity contribution in [3.8, 4) is 6.01 Å². The zero-order valence-electron chi connectivity index (χ0n) is 11.6. The van der Waals surface area contributed by atoms with Gasteiger partial charge >= 0.3 is 6.01 Å². The predicted octanol–water partition coefficient (Wildman–Crippen LogP) is 2.48. The Hall–Kier alpha value is -2.11. The SMILES string of the molecule is CCCOc1nc(N)c2ncn(C3C=CCCC3)c2n1. The van der Waals surface area contributed by atoms with Crippen molar-refractivity contribution in [2.45, 2.75) is 38.6 Å². The van der Waals surface area contributed by atoms with E-state index in [1.807, 2.05) is 6.92 Å². The first-order chi connectivity index (χ1) is 9.79. The number of rotatable bonds is 4. The Morgan fingerprint density at radius 1 is 1.45 bits per heavy atom. The summed E-state index contributed by atoms with van der Waals surface area (Å²) in [6, 6.07) is 0.625. The van der Waals surface area contributed by atoms with Crippen molar-refractivity contribution in [3.63, 3.8) is 0 Å². The molecule has 106 valence electrons. The van der Waals surface area contributed by atoms with Gasteiger partial charge in [-0.2, -0.15) is 9.97 Å². The van der Waals surface area contributed by atoms with Crippen LogP contribution < -0.4 is 10.5 Å². The highest BCUT2D eigenvalue weighted by atomic mass is 16.5. The molecule has 6 heteroatoms. The summed E-state index contributed by atoms with van der Waals surface area (Å²) in [6.07, 6.45) is 10.5. The number of fused-ring (bicyclic) bond motifs is 1. The maximum Gasteiger partial charge on any atom is 0.320 e. The first-order valence-corrected chi connectivity index (χ1v) is 7.09. The second-order valence-corrected chi connectivity index (χ2v) is 4.99. The van der Waals surface area contributed by atoms with Gasteiger partial charge in [0, 0.05) is 0 Å². The molecular weight excluding hydrogens is 254 g/mol. The zero-order chi connectivity index (χ0) is 13.9. The molecule has 1 aliphatic rings. The minimum absolute atomic E-state index is 0.294. The molecule has 2 aromatic rings. The van der Waals surface area contributed by atoms with Gasteiger partial charge in [-0.1, -0.05) is 19.1 Å². The van der Waals surface area contributed by atoms with Crippen molar-refractivity contribution < 1.29 is 4.74 Å². The maximum atomic E-state index is 5.95. The zero-order valence-corrected chi connectivity index (χ0v) is 11.6. The van der Waals surface area contributed by atoms with Crippen molar-refractivity contribution in [1.29, 1.82) is 0 Å². The summed E-state index contributed by atoms with van der Waals surface area (Å²) in [7, 11) is 0. The molecule has 20 heavy (non-hydrogen) atoms. The molecule has 0 saturated heterocycles. The Bertz CT molecular complexity index is 634. The average molecular weight is 273 g/mol. The predicted molar refractivity (Wildman–Crippen MR) is 77.5 cm³/mol. The molecule has 0 fully saturated rings. The average Bonchev–Trinajstić information content (AvgIpc) is 2.90. The lowest BCUT2D eigenvalue weighted by Crippen LogP contribution is -2.10. The molecule has 0 aliphatic heterocycles. The van der Waals surface area contributed by atoms with Gasteiger partial charge in [0.2, 0.25) is 0 Å². The Kier molecular flexibility index (Phi) is 3.54. The van der Waals surface area contributed by atoms with E-state index in [0.717, 1.165) is 24.9 Å². The molecule has 0 radical (unpaired) electrons. The van der Waals surface area contributed by atoms with E-state index in [-0.39, 0.29) is 0 Å². The lowest BCUT2D eigenvalue weighted by atomic mass is 10.0. The number of nitrogen functional groups attached to an aromatic ring is 1.